The first-order valence-electron chi connectivity index (χ1n) is 8.08. The maximum absolute atomic E-state index is 12.4. The molecule has 1 aliphatic carbocycles. The topological polar surface area (TPSA) is 80.4 Å². The van der Waals surface area contributed by atoms with Crippen LogP contribution in [0, 0.1) is 0 Å². The maximum atomic E-state index is 12.4. The van der Waals surface area contributed by atoms with E-state index < -0.39 is 5.97 Å². The number of benzene rings is 1. The molecule has 0 unspecified atom stereocenters. The van der Waals surface area contributed by atoms with Crippen molar-refractivity contribution < 1.29 is 19.1 Å². The van der Waals surface area contributed by atoms with Gasteiger partial charge in [0.1, 0.15) is 11.4 Å². The number of hydrogen-bond donors (Lipinski definition) is 2. The highest BCUT2D eigenvalue weighted by molar-refractivity contribution is 6.32. The van der Waals surface area contributed by atoms with E-state index in [1.807, 2.05) is 6.07 Å². The molecule has 0 radical (unpaired) electrons. The minimum atomic E-state index is -0.496. The van der Waals surface area contributed by atoms with Gasteiger partial charge in [-0.25, -0.2) is 4.79 Å². The summed E-state index contributed by atoms with van der Waals surface area (Å²) in [4.78, 5) is 26.7. The van der Waals surface area contributed by atoms with Crippen LogP contribution in [0.2, 0.25) is 5.02 Å². The summed E-state index contributed by atoms with van der Waals surface area (Å²) < 4.78 is 9.77. The maximum Gasteiger partial charge on any atom is 0.343 e. The number of aromatic amines is 1. The fourth-order valence-electron chi connectivity index (χ4n) is 2.82. The molecule has 1 heterocycles. The van der Waals surface area contributed by atoms with Crippen LogP contribution in [-0.4, -0.2) is 30.6 Å². The van der Waals surface area contributed by atoms with E-state index in [0.717, 1.165) is 31.4 Å². The van der Waals surface area contributed by atoms with Crippen LogP contribution < -0.4 is 10.1 Å². The van der Waals surface area contributed by atoms with Crippen molar-refractivity contribution in [2.75, 3.05) is 19.0 Å². The zero-order chi connectivity index (χ0) is 17.8. The number of methoxy groups -OCH3 is 1. The number of ether oxygens (including phenoxy) is 2. The summed E-state index contributed by atoms with van der Waals surface area (Å²) in [6.07, 6.45) is 4.31. The molecule has 2 N–H and O–H groups in total. The van der Waals surface area contributed by atoms with E-state index in [4.69, 9.17) is 16.3 Å². The number of amides is 1. The van der Waals surface area contributed by atoms with E-state index in [2.05, 4.69) is 15.0 Å². The van der Waals surface area contributed by atoms with Gasteiger partial charge in [0.25, 0.3) is 5.91 Å². The second-order valence-corrected chi connectivity index (χ2v) is 6.27. The van der Waals surface area contributed by atoms with Gasteiger partial charge in [-0.2, -0.15) is 0 Å². The summed E-state index contributed by atoms with van der Waals surface area (Å²) in [5.74, 6) is -0.363. The average Bonchev–Trinajstić information content (AvgIpc) is 3.05. The molecule has 1 aliphatic rings. The quantitative estimate of drug-likeness (QED) is 0.799. The summed E-state index contributed by atoms with van der Waals surface area (Å²) >= 11 is 6.13. The first-order chi connectivity index (χ1) is 12.1. The second-order valence-electron chi connectivity index (χ2n) is 5.86. The Balaban J connectivity index is 1.66. The molecule has 0 saturated heterocycles. The summed E-state index contributed by atoms with van der Waals surface area (Å²) in [6, 6.07) is 6.76. The predicted octanol–water partition coefficient (Wildman–Crippen LogP) is 3.35. The zero-order valence-electron chi connectivity index (χ0n) is 13.9. The SMILES string of the molecule is COC(=O)COc1ccc(NC(=O)c2cc3c([nH]2)CCCC3)cc1Cl. The van der Waals surface area contributed by atoms with Crippen molar-refractivity contribution in [3.63, 3.8) is 0 Å². The molecule has 7 heteroatoms. The van der Waals surface area contributed by atoms with Crippen LogP contribution in [-0.2, 0) is 22.4 Å². The highest BCUT2D eigenvalue weighted by atomic mass is 35.5. The van der Waals surface area contributed by atoms with Crippen molar-refractivity contribution in [2.45, 2.75) is 25.7 Å². The van der Waals surface area contributed by atoms with Crippen molar-refractivity contribution in [1.82, 2.24) is 4.98 Å². The molecule has 2 aromatic rings. The van der Waals surface area contributed by atoms with Crippen LogP contribution >= 0.6 is 11.6 Å². The monoisotopic (exact) mass is 362 g/mol. The highest BCUT2D eigenvalue weighted by Crippen LogP contribution is 2.28. The van der Waals surface area contributed by atoms with E-state index in [0.29, 0.717) is 22.2 Å². The van der Waals surface area contributed by atoms with Crippen molar-refractivity contribution in [3.8, 4) is 5.75 Å². The summed E-state index contributed by atoms with van der Waals surface area (Å²) in [6.45, 7) is -0.226. The van der Waals surface area contributed by atoms with E-state index in [1.165, 1.54) is 12.7 Å². The average molecular weight is 363 g/mol. The van der Waals surface area contributed by atoms with Gasteiger partial charge in [-0.15, -0.1) is 0 Å². The molecule has 25 heavy (non-hydrogen) atoms. The minimum Gasteiger partial charge on any atom is -0.480 e. The lowest BCUT2D eigenvalue weighted by Gasteiger charge is -2.09. The summed E-state index contributed by atoms with van der Waals surface area (Å²) in [7, 11) is 1.28. The fraction of sp³-hybridized carbons (Fsp3) is 0.333. The van der Waals surface area contributed by atoms with Gasteiger partial charge in [0.2, 0.25) is 0 Å². The number of H-pyrrole nitrogens is 1. The third kappa shape index (κ3) is 4.14. The Morgan fingerprint density at radius 1 is 1.24 bits per heavy atom. The lowest BCUT2D eigenvalue weighted by molar-refractivity contribution is -0.142. The Bertz CT molecular complexity index is 777. The van der Waals surface area contributed by atoms with E-state index in [-0.39, 0.29) is 12.5 Å². The van der Waals surface area contributed by atoms with Gasteiger partial charge in [-0.1, -0.05) is 11.6 Å². The van der Waals surface area contributed by atoms with Crippen LogP contribution in [0.15, 0.2) is 24.3 Å². The Morgan fingerprint density at radius 3 is 2.76 bits per heavy atom. The standard InChI is InChI=1S/C18H19ClN2O4/c1-24-17(22)10-25-16-7-6-12(9-13(16)19)20-18(23)15-8-11-4-2-3-5-14(11)21-15/h6-9,21H,2-5,10H2,1H3,(H,20,23). The predicted molar refractivity (Wildman–Crippen MR) is 94.4 cm³/mol. The first-order valence-corrected chi connectivity index (χ1v) is 8.46. The third-order valence-corrected chi connectivity index (χ3v) is 4.42. The molecule has 0 saturated carbocycles. The second kappa shape index (κ2) is 7.61. The lowest BCUT2D eigenvalue weighted by atomic mass is 9.98. The van der Waals surface area contributed by atoms with Gasteiger partial charge in [0.15, 0.2) is 6.61 Å². The van der Waals surface area contributed by atoms with Crippen molar-refractivity contribution in [3.05, 3.63) is 46.2 Å². The number of hydrogen-bond acceptors (Lipinski definition) is 4. The molecule has 0 bridgehead atoms. The van der Waals surface area contributed by atoms with Gasteiger partial charge in [-0.05, 0) is 55.5 Å². The third-order valence-electron chi connectivity index (χ3n) is 4.12. The van der Waals surface area contributed by atoms with Crippen LogP contribution in [0.4, 0.5) is 5.69 Å². The number of halogens is 1. The number of aryl methyl sites for hydroxylation is 2. The zero-order valence-corrected chi connectivity index (χ0v) is 14.6. The summed E-state index contributed by atoms with van der Waals surface area (Å²) in [5.41, 5.74) is 3.48. The molecule has 0 spiro atoms. The number of carbonyl (C=O) groups excluding carboxylic acids is 2. The van der Waals surface area contributed by atoms with Gasteiger partial charge in [-0.3, -0.25) is 4.79 Å². The van der Waals surface area contributed by atoms with E-state index >= 15 is 0 Å². The summed E-state index contributed by atoms with van der Waals surface area (Å²) in [5, 5.41) is 3.11. The number of aromatic nitrogens is 1. The highest BCUT2D eigenvalue weighted by Gasteiger charge is 2.17. The van der Waals surface area contributed by atoms with Crippen LogP contribution in [0.5, 0.6) is 5.75 Å². The number of carbonyl (C=O) groups is 2. The number of rotatable bonds is 5. The van der Waals surface area contributed by atoms with Gasteiger partial charge in [0.05, 0.1) is 12.1 Å². The van der Waals surface area contributed by atoms with E-state index in [1.54, 1.807) is 18.2 Å². The van der Waals surface area contributed by atoms with Gasteiger partial charge >= 0.3 is 5.97 Å². The molecule has 0 aliphatic heterocycles. The molecular formula is C18H19ClN2O4. The lowest BCUT2D eigenvalue weighted by Crippen LogP contribution is -2.14. The van der Waals surface area contributed by atoms with Gasteiger partial charge in [0, 0.05) is 11.4 Å². The van der Waals surface area contributed by atoms with E-state index in [9.17, 15) is 9.59 Å². The largest absolute Gasteiger partial charge is 0.480 e. The smallest absolute Gasteiger partial charge is 0.343 e. The number of fused-ring (bicyclic) bond motifs is 1. The molecule has 3 rings (SSSR count). The number of anilines is 1. The van der Waals surface area contributed by atoms with Crippen LogP contribution in [0.25, 0.3) is 0 Å². The van der Waals surface area contributed by atoms with Crippen LogP contribution in [0.1, 0.15) is 34.6 Å². The molecular weight excluding hydrogens is 344 g/mol. The van der Waals surface area contributed by atoms with Gasteiger partial charge < -0.3 is 19.8 Å². The Kier molecular flexibility index (Phi) is 5.28. The minimum absolute atomic E-state index is 0.214. The molecule has 6 nitrogen and oxygen atoms in total. The normalized spacial score (nSPS) is 13.0. The number of nitrogens with one attached hydrogen (secondary N) is 2. The van der Waals surface area contributed by atoms with Crippen LogP contribution in [0.3, 0.4) is 0 Å². The number of esters is 1. The molecule has 0 fully saturated rings. The van der Waals surface area contributed by atoms with Crippen molar-refractivity contribution in [2.24, 2.45) is 0 Å². The fourth-order valence-corrected chi connectivity index (χ4v) is 3.05. The molecule has 1 amide bonds. The Hall–Kier alpha value is -2.47. The Labute approximate surface area is 150 Å². The van der Waals surface area contributed by atoms with Crippen molar-refractivity contribution in [1.29, 1.82) is 0 Å². The Morgan fingerprint density at radius 2 is 2.04 bits per heavy atom. The molecule has 1 aromatic carbocycles. The molecule has 0 atom stereocenters. The molecule has 1 aromatic heterocycles. The molecule has 132 valence electrons. The van der Waals surface area contributed by atoms with Crippen molar-refractivity contribution >= 4 is 29.2 Å². The first kappa shape index (κ1) is 17.4.